The average Bonchev–Trinajstić information content (AvgIpc) is 2.77. The first kappa shape index (κ1) is 24.0. The zero-order valence-corrected chi connectivity index (χ0v) is 19.6. The molecule has 1 amide bonds. The Morgan fingerprint density at radius 1 is 0.939 bits per heavy atom. The summed E-state index contributed by atoms with van der Waals surface area (Å²) in [6, 6.07) is 18.1. The molecule has 0 spiro atoms. The zero-order chi connectivity index (χ0) is 24.2. The zero-order valence-electron chi connectivity index (χ0n) is 18.8. The summed E-state index contributed by atoms with van der Waals surface area (Å²) in [4.78, 5) is 26.3. The van der Waals surface area contributed by atoms with Crippen LogP contribution in [0.1, 0.15) is 33.2 Å². The van der Waals surface area contributed by atoms with Gasteiger partial charge in [0.15, 0.2) is 9.84 Å². The van der Waals surface area contributed by atoms with Gasteiger partial charge in [0.05, 0.1) is 23.3 Å². The molecular formula is C25H25NO6S. The number of anilines is 1. The Labute approximate surface area is 193 Å². The van der Waals surface area contributed by atoms with E-state index in [0.717, 1.165) is 11.8 Å². The van der Waals surface area contributed by atoms with Crippen LogP contribution in [0.3, 0.4) is 0 Å². The Morgan fingerprint density at radius 2 is 1.64 bits per heavy atom. The Balaban J connectivity index is 1.96. The van der Waals surface area contributed by atoms with Crippen molar-refractivity contribution >= 4 is 27.4 Å². The van der Waals surface area contributed by atoms with Crippen molar-refractivity contribution in [3.05, 3.63) is 89.0 Å². The molecule has 1 N–H and O–H groups in total. The molecule has 7 nitrogen and oxygen atoms in total. The molecule has 0 aromatic heterocycles. The van der Waals surface area contributed by atoms with Gasteiger partial charge in [0.2, 0.25) is 6.10 Å². The fourth-order valence-electron chi connectivity index (χ4n) is 3.24. The number of nitrogens with one attached hydrogen (secondary N) is 1. The number of benzene rings is 3. The van der Waals surface area contributed by atoms with E-state index < -0.39 is 27.8 Å². The summed E-state index contributed by atoms with van der Waals surface area (Å²) in [6.45, 7) is 3.54. The summed E-state index contributed by atoms with van der Waals surface area (Å²) < 4.78 is 34.8. The van der Waals surface area contributed by atoms with Crippen molar-refractivity contribution < 1.29 is 27.5 Å². The molecule has 0 fully saturated rings. The van der Waals surface area contributed by atoms with E-state index in [4.69, 9.17) is 9.47 Å². The van der Waals surface area contributed by atoms with Crippen molar-refractivity contribution in [1.29, 1.82) is 0 Å². The second kappa shape index (κ2) is 9.87. The summed E-state index contributed by atoms with van der Waals surface area (Å²) in [5, 5.41) is 2.77. The van der Waals surface area contributed by atoms with Crippen molar-refractivity contribution in [1.82, 2.24) is 0 Å². The Kier molecular flexibility index (Phi) is 7.18. The lowest BCUT2D eigenvalue weighted by molar-refractivity contribution is -0.125. The normalized spacial score (nSPS) is 12.0. The lowest BCUT2D eigenvalue weighted by Gasteiger charge is -2.20. The lowest BCUT2D eigenvalue weighted by atomic mass is 10.1. The number of rotatable bonds is 7. The quantitative estimate of drug-likeness (QED) is 0.522. The maximum atomic E-state index is 13.2. The molecule has 8 heteroatoms. The summed E-state index contributed by atoms with van der Waals surface area (Å²) in [5.74, 6) is -0.919. The first-order valence-corrected chi connectivity index (χ1v) is 12.0. The Hall–Kier alpha value is -3.65. The molecule has 0 radical (unpaired) electrons. The van der Waals surface area contributed by atoms with Crippen LogP contribution in [0.5, 0.6) is 5.75 Å². The standard InChI is InChI=1S/C25H25NO6S/c1-16-10-13-22(31-3)21(14-16)26-24(27)23(18-8-6-5-7-9-18)32-25(28)20-15-19(33(4,29)30)12-11-17(20)2/h5-15,23H,1-4H3,(H,26,27). The van der Waals surface area contributed by atoms with Gasteiger partial charge in [0, 0.05) is 11.8 Å². The summed E-state index contributed by atoms with van der Waals surface area (Å²) >= 11 is 0. The highest BCUT2D eigenvalue weighted by Crippen LogP contribution is 2.28. The van der Waals surface area contributed by atoms with E-state index in [0.29, 0.717) is 22.6 Å². The molecule has 3 aromatic rings. The van der Waals surface area contributed by atoms with E-state index in [1.807, 2.05) is 13.0 Å². The molecule has 0 heterocycles. The molecule has 0 bridgehead atoms. The van der Waals surface area contributed by atoms with Crippen LogP contribution < -0.4 is 10.1 Å². The van der Waals surface area contributed by atoms with E-state index in [1.165, 1.54) is 25.3 Å². The number of amides is 1. The van der Waals surface area contributed by atoms with Gasteiger partial charge in [-0.25, -0.2) is 13.2 Å². The number of carbonyl (C=O) groups is 2. The Morgan fingerprint density at radius 3 is 2.27 bits per heavy atom. The molecule has 0 aliphatic heterocycles. The van der Waals surface area contributed by atoms with E-state index in [1.54, 1.807) is 49.4 Å². The van der Waals surface area contributed by atoms with Crippen molar-refractivity contribution in [2.45, 2.75) is 24.8 Å². The first-order chi connectivity index (χ1) is 15.6. The number of hydrogen-bond acceptors (Lipinski definition) is 6. The predicted octanol–water partition coefficient (Wildman–Crippen LogP) is 4.25. The molecule has 0 aliphatic carbocycles. The van der Waals surface area contributed by atoms with Gasteiger partial charge in [-0.2, -0.15) is 0 Å². The van der Waals surface area contributed by atoms with Crippen molar-refractivity contribution in [3.63, 3.8) is 0 Å². The minimum absolute atomic E-state index is 0.00902. The van der Waals surface area contributed by atoms with E-state index in [9.17, 15) is 18.0 Å². The number of sulfone groups is 1. The highest BCUT2D eigenvalue weighted by molar-refractivity contribution is 7.90. The summed E-state index contributed by atoms with van der Waals surface area (Å²) in [6.07, 6.45) is -0.215. The van der Waals surface area contributed by atoms with Crippen LogP contribution >= 0.6 is 0 Å². The molecule has 1 unspecified atom stereocenters. The van der Waals surface area contributed by atoms with Crippen molar-refractivity contribution in [2.75, 3.05) is 18.7 Å². The van der Waals surface area contributed by atoms with Crippen LogP contribution in [-0.4, -0.2) is 33.7 Å². The van der Waals surface area contributed by atoms with Crippen LogP contribution in [0, 0.1) is 13.8 Å². The Bertz CT molecular complexity index is 1290. The number of methoxy groups -OCH3 is 1. The fourth-order valence-corrected chi connectivity index (χ4v) is 3.89. The second-order valence-corrected chi connectivity index (χ2v) is 9.65. The van der Waals surface area contributed by atoms with Crippen molar-refractivity contribution in [3.8, 4) is 5.75 Å². The summed E-state index contributed by atoms with van der Waals surface area (Å²) in [7, 11) is -2.03. The molecule has 3 aromatic carbocycles. The van der Waals surface area contributed by atoms with Crippen LogP contribution in [-0.2, 0) is 19.4 Å². The highest BCUT2D eigenvalue weighted by Gasteiger charge is 2.27. The third-order valence-electron chi connectivity index (χ3n) is 5.04. The monoisotopic (exact) mass is 467 g/mol. The van der Waals surface area contributed by atoms with Crippen LogP contribution in [0.2, 0.25) is 0 Å². The largest absolute Gasteiger partial charge is 0.495 e. The highest BCUT2D eigenvalue weighted by atomic mass is 32.2. The van der Waals surface area contributed by atoms with Crippen molar-refractivity contribution in [2.24, 2.45) is 0 Å². The fraction of sp³-hybridized carbons (Fsp3) is 0.200. The lowest BCUT2D eigenvalue weighted by Crippen LogP contribution is -2.26. The second-order valence-electron chi connectivity index (χ2n) is 7.64. The van der Waals surface area contributed by atoms with Crippen LogP contribution in [0.25, 0.3) is 0 Å². The van der Waals surface area contributed by atoms with Gasteiger partial charge in [-0.3, -0.25) is 4.79 Å². The number of hydrogen-bond donors (Lipinski definition) is 1. The van der Waals surface area contributed by atoms with E-state index in [-0.39, 0.29) is 10.5 Å². The molecule has 0 saturated carbocycles. The van der Waals surface area contributed by atoms with Gasteiger partial charge in [0.1, 0.15) is 5.75 Å². The molecule has 0 aliphatic rings. The molecule has 0 saturated heterocycles. The number of esters is 1. The molecule has 1 atom stereocenters. The third-order valence-corrected chi connectivity index (χ3v) is 6.15. The van der Waals surface area contributed by atoms with E-state index in [2.05, 4.69) is 5.32 Å². The predicted molar refractivity (Wildman–Crippen MR) is 125 cm³/mol. The number of ether oxygens (including phenoxy) is 2. The minimum Gasteiger partial charge on any atom is -0.495 e. The maximum Gasteiger partial charge on any atom is 0.339 e. The van der Waals surface area contributed by atoms with Crippen LogP contribution in [0.15, 0.2) is 71.6 Å². The smallest absolute Gasteiger partial charge is 0.339 e. The maximum absolute atomic E-state index is 13.2. The van der Waals surface area contributed by atoms with Crippen LogP contribution in [0.4, 0.5) is 5.69 Å². The minimum atomic E-state index is -3.53. The van der Waals surface area contributed by atoms with Gasteiger partial charge in [-0.15, -0.1) is 0 Å². The third kappa shape index (κ3) is 5.78. The van der Waals surface area contributed by atoms with Gasteiger partial charge in [-0.05, 0) is 49.2 Å². The van der Waals surface area contributed by atoms with E-state index >= 15 is 0 Å². The van der Waals surface area contributed by atoms with Gasteiger partial charge in [0.25, 0.3) is 5.91 Å². The molecule has 3 rings (SSSR count). The average molecular weight is 468 g/mol. The molecular weight excluding hydrogens is 442 g/mol. The SMILES string of the molecule is COc1ccc(C)cc1NC(=O)C(OC(=O)c1cc(S(C)(=O)=O)ccc1C)c1ccccc1. The number of aryl methyl sites for hydroxylation is 2. The first-order valence-electron chi connectivity index (χ1n) is 10.1. The number of carbonyl (C=O) groups excluding carboxylic acids is 2. The summed E-state index contributed by atoms with van der Waals surface area (Å²) in [5.41, 5.74) is 2.41. The van der Waals surface area contributed by atoms with Gasteiger partial charge >= 0.3 is 5.97 Å². The van der Waals surface area contributed by atoms with Gasteiger partial charge in [-0.1, -0.05) is 42.5 Å². The van der Waals surface area contributed by atoms with Gasteiger partial charge < -0.3 is 14.8 Å². The molecule has 33 heavy (non-hydrogen) atoms. The topological polar surface area (TPSA) is 98.8 Å². The molecule has 172 valence electrons.